The summed E-state index contributed by atoms with van der Waals surface area (Å²) >= 11 is 0. The maximum absolute atomic E-state index is 11.2. The van der Waals surface area contributed by atoms with Gasteiger partial charge in [-0.05, 0) is 26.8 Å². The summed E-state index contributed by atoms with van der Waals surface area (Å²) in [6, 6.07) is 1.92. The van der Waals surface area contributed by atoms with Gasteiger partial charge < -0.3 is 9.64 Å². The molecule has 0 amide bonds. The molecule has 0 aromatic carbocycles. The minimum atomic E-state index is -0.191. The van der Waals surface area contributed by atoms with Gasteiger partial charge in [-0.25, -0.2) is 9.97 Å². The SMILES string of the molecule is CCOC(=O)CCN(C)c1nc(C)cc(C)n1. The number of nitrogens with zero attached hydrogens (tertiary/aromatic N) is 3. The largest absolute Gasteiger partial charge is 0.466 e. The topological polar surface area (TPSA) is 55.3 Å². The average Bonchev–Trinajstić information content (AvgIpc) is 2.25. The zero-order chi connectivity index (χ0) is 12.8. The summed E-state index contributed by atoms with van der Waals surface area (Å²) < 4.78 is 4.87. The molecule has 0 aliphatic heterocycles. The standard InChI is InChI=1S/C12H19N3O2/c1-5-17-11(16)6-7-15(4)12-13-9(2)8-10(3)14-12/h8H,5-7H2,1-4H3. The molecule has 1 aromatic rings. The Morgan fingerprint density at radius 2 is 1.94 bits per heavy atom. The number of carbonyl (C=O) groups is 1. The van der Waals surface area contributed by atoms with Gasteiger partial charge in [0.05, 0.1) is 13.0 Å². The molecule has 0 aliphatic carbocycles. The predicted octanol–water partition coefficient (Wildman–Crippen LogP) is 1.48. The minimum absolute atomic E-state index is 0.191. The number of rotatable bonds is 5. The highest BCUT2D eigenvalue weighted by Gasteiger charge is 2.08. The van der Waals surface area contributed by atoms with Gasteiger partial charge in [-0.2, -0.15) is 0 Å². The molecule has 0 bridgehead atoms. The molecule has 0 N–H and O–H groups in total. The number of anilines is 1. The molecule has 0 spiro atoms. The Labute approximate surface area is 102 Å². The highest BCUT2D eigenvalue weighted by molar-refractivity contribution is 5.70. The first-order valence-corrected chi connectivity index (χ1v) is 5.72. The highest BCUT2D eigenvalue weighted by Crippen LogP contribution is 2.08. The van der Waals surface area contributed by atoms with Crippen LogP contribution in [0.1, 0.15) is 24.7 Å². The van der Waals surface area contributed by atoms with Crippen LogP contribution in [-0.2, 0) is 9.53 Å². The first-order valence-electron chi connectivity index (χ1n) is 5.72. The van der Waals surface area contributed by atoms with Gasteiger partial charge in [0.1, 0.15) is 0 Å². The lowest BCUT2D eigenvalue weighted by molar-refractivity contribution is -0.142. The van der Waals surface area contributed by atoms with Crippen molar-refractivity contribution in [1.29, 1.82) is 0 Å². The second kappa shape index (κ2) is 6.18. The van der Waals surface area contributed by atoms with Crippen molar-refractivity contribution in [3.63, 3.8) is 0 Å². The van der Waals surface area contributed by atoms with Gasteiger partial charge in [0.2, 0.25) is 5.95 Å². The Morgan fingerprint density at radius 1 is 1.35 bits per heavy atom. The lowest BCUT2D eigenvalue weighted by Crippen LogP contribution is -2.24. The maximum Gasteiger partial charge on any atom is 0.307 e. The molecule has 0 radical (unpaired) electrons. The third-order valence-electron chi connectivity index (χ3n) is 2.27. The molecule has 0 saturated carbocycles. The number of aromatic nitrogens is 2. The Bertz CT molecular complexity index is 373. The Balaban J connectivity index is 2.57. The van der Waals surface area contributed by atoms with Crippen molar-refractivity contribution in [1.82, 2.24) is 9.97 Å². The number of ether oxygens (including phenoxy) is 1. The Kier molecular flexibility index (Phi) is 4.87. The normalized spacial score (nSPS) is 10.1. The third-order valence-corrected chi connectivity index (χ3v) is 2.27. The van der Waals surface area contributed by atoms with Crippen LogP contribution in [0, 0.1) is 13.8 Å². The van der Waals surface area contributed by atoms with Crippen LogP contribution in [0.2, 0.25) is 0 Å². The van der Waals surface area contributed by atoms with E-state index in [1.54, 1.807) is 6.92 Å². The smallest absolute Gasteiger partial charge is 0.307 e. The molecule has 94 valence electrons. The fourth-order valence-corrected chi connectivity index (χ4v) is 1.47. The number of esters is 1. The molecule has 5 nitrogen and oxygen atoms in total. The van der Waals surface area contributed by atoms with E-state index >= 15 is 0 Å². The molecule has 5 heteroatoms. The van der Waals surface area contributed by atoms with Gasteiger partial charge in [0, 0.05) is 25.0 Å². The number of hydrogen-bond donors (Lipinski definition) is 0. The van der Waals surface area contributed by atoms with Crippen LogP contribution in [0.4, 0.5) is 5.95 Å². The van der Waals surface area contributed by atoms with Crippen LogP contribution >= 0.6 is 0 Å². The molecule has 0 fully saturated rings. The van der Waals surface area contributed by atoms with Gasteiger partial charge in [-0.15, -0.1) is 0 Å². The van der Waals surface area contributed by atoms with Gasteiger partial charge in [-0.3, -0.25) is 4.79 Å². The molecule has 0 unspecified atom stereocenters. The van der Waals surface area contributed by atoms with E-state index in [-0.39, 0.29) is 5.97 Å². The van der Waals surface area contributed by atoms with Crippen molar-refractivity contribution in [2.75, 3.05) is 25.1 Å². The molecule has 1 rings (SSSR count). The number of carbonyl (C=O) groups excluding carboxylic acids is 1. The van der Waals surface area contributed by atoms with Crippen LogP contribution in [0.25, 0.3) is 0 Å². The second-order valence-electron chi connectivity index (χ2n) is 3.93. The first kappa shape index (κ1) is 13.4. The van der Waals surface area contributed by atoms with E-state index in [1.165, 1.54) is 0 Å². The average molecular weight is 237 g/mol. The van der Waals surface area contributed by atoms with Crippen LogP contribution in [0.15, 0.2) is 6.07 Å². The van der Waals surface area contributed by atoms with Crippen LogP contribution < -0.4 is 4.90 Å². The molecule has 17 heavy (non-hydrogen) atoms. The maximum atomic E-state index is 11.2. The Morgan fingerprint density at radius 3 is 2.47 bits per heavy atom. The molecule has 0 aliphatic rings. The summed E-state index contributed by atoms with van der Waals surface area (Å²) in [5.41, 5.74) is 1.85. The molecule has 0 saturated heterocycles. The lowest BCUT2D eigenvalue weighted by atomic mass is 10.3. The molecule has 1 aromatic heterocycles. The van der Waals surface area contributed by atoms with Crippen molar-refractivity contribution >= 4 is 11.9 Å². The molecular weight excluding hydrogens is 218 g/mol. The van der Waals surface area contributed by atoms with Gasteiger partial charge in [0.15, 0.2) is 0 Å². The minimum Gasteiger partial charge on any atom is -0.466 e. The monoisotopic (exact) mass is 237 g/mol. The van der Waals surface area contributed by atoms with Gasteiger partial charge in [-0.1, -0.05) is 0 Å². The summed E-state index contributed by atoms with van der Waals surface area (Å²) in [6.45, 7) is 6.63. The van der Waals surface area contributed by atoms with E-state index < -0.39 is 0 Å². The van der Waals surface area contributed by atoms with Crippen molar-refractivity contribution in [2.24, 2.45) is 0 Å². The van der Waals surface area contributed by atoms with Crippen LogP contribution in [-0.4, -0.2) is 36.1 Å². The first-order chi connectivity index (χ1) is 8.02. The Hall–Kier alpha value is -1.65. The van der Waals surface area contributed by atoms with Crippen molar-refractivity contribution in [2.45, 2.75) is 27.2 Å². The summed E-state index contributed by atoms with van der Waals surface area (Å²) in [6.07, 6.45) is 0.348. The van der Waals surface area contributed by atoms with E-state index in [2.05, 4.69) is 9.97 Å². The summed E-state index contributed by atoms with van der Waals surface area (Å²) in [4.78, 5) is 21.7. The predicted molar refractivity (Wildman–Crippen MR) is 66.0 cm³/mol. The highest BCUT2D eigenvalue weighted by atomic mass is 16.5. The zero-order valence-corrected chi connectivity index (χ0v) is 10.9. The van der Waals surface area contributed by atoms with Crippen LogP contribution in [0.5, 0.6) is 0 Å². The number of aryl methyl sites for hydroxylation is 2. The summed E-state index contributed by atoms with van der Waals surface area (Å²) in [7, 11) is 1.87. The fourth-order valence-electron chi connectivity index (χ4n) is 1.47. The zero-order valence-electron chi connectivity index (χ0n) is 10.9. The summed E-state index contributed by atoms with van der Waals surface area (Å²) in [5.74, 6) is 0.454. The lowest BCUT2D eigenvalue weighted by Gasteiger charge is -2.17. The third kappa shape index (κ3) is 4.38. The fraction of sp³-hybridized carbons (Fsp3) is 0.583. The van der Waals surface area contributed by atoms with Crippen molar-refractivity contribution in [3.8, 4) is 0 Å². The molecule has 1 heterocycles. The van der Waals surface area contributed by atoms with E-state index in [9.17, 15) is 4.79 Å². The second-order valence-corrected chi connectivity index (χ2v) is 3.93. The van der Waals surface area contributed by atoms with Gasteiger partial charge >= 0.3 is 5.97 Å². The quantitative estimate of drug-likeness (QED) is 0.726. The van der Waals surface area contributed by atoms with Gasteiger partial charge in [0.25, 0.3) is 0 Å². The van der Waals surface area contributed by atoms with Crippen molar-refractivity contribution < 1.29 is 9.53 Å². The molecule has 0 atom stereocenters. The molecular formula is C12H19N3O2. The van der Waals surface area contributed by atoms with Crippen LogP contribution in [0.3, 0.4) is 0 Å². The van der Waals surface area contributed by atoms with E-state index in [0.717, 1.165) is 11.4 Å². The van der Waals surface area contributed by atoms with E-state index in [1.807, 2.05) is 31.9 Å². The van der Waals surface area contributed by atoms with Crippen molar-refractivity contribution in [3.05, 3.63) is 17.5 Å². The summed E-state index contributed by atoms with van der Waals surface area (Å²) in [5, 5.41) is 0. The van der Waals surface area contributed by atoms with E-state index in [0.29, 0.717) is 25.5 Å². The number of hydrogen-bond acceptors (Lipinski definition) is 5. The van der Waals surface area contributed by atoms with E-state index in [4.69, 9.17) is 4.74 Å².